The van der Waals surface area contributed by atoms with Crippen molar-refractivity contribution in [1.82, 2.24) is 5.32 Å². The molecule has 0 aliphatic heterocycles. The first kappa shape index (κ1) is 18.3. The molecule has 118 valence electrons. The van der Waals surface area contributed by atoms with E-state index in [2.05, 4.69) is 21.2 Å². The van der Waals surface area contributed by atoms with Gasteiger partial charge in [-0.05, 0) is 28.4 Å². The van der Waals surface area contributed by atoms with Crippen molar-refractivity contribution in [3.8, 4) is 0 Å². The zero-order chi connectivity index (χ0) is 16.2. The molecule has 0 radical (unpaired) electrons. The van der Waals surface area contributed by atoms with Gasteiger partial charge >= 0.3 is 0 Å². The quantitative estimate of drug-likeness (QED) is 0.582. The van der Waals surface area contributed by atoms with Crippen LogP contribution in [0.5, 0.6) is 0 Å². The Hall–Kier alpha value is -0.730. The van der Waals surface area contributed by atoms with Crippen molar-refractivity contribution in [3.05, 3.63) is 27.7 Å². The number of hydrogen-bond acceptors (Lipinski definition) is 3. The zero-order valence-electron chi connectivity index (χ0n) is 11.1. The highest BCUT2D eigenvalue weighted by Gasteiger charge is 2.29. The van der Waals surface area contributed by atoms with Crippen molar-refractivity contribution in [3.63, 3.8) is 0 Å². The molecular weight excluding hydrogens is 392 g/mol. The number of nitrogens with one attached hydrogen (secondary N) is 1. The smallest absolute Gasteiger partial charge is 0.265 e. The number of hydrogen-bond donors (Lipinski definition) is 1. The number of halogens is 4. The maximum atomic E-state index is 14.1. The van der Waals surface area contributed by atoms with Crippen molar-refractivity contribution in [2.45, 2.75) is 31.1 Å². The summed E-state index contributed by atoms with van der Waals surface area (Å²) in [6.45, 7) is 2.21. The number of unbranched alkanes of at least 4 members (excludes halogenated alkanes) is 2. The second-order valence-corrected chi connectivity index (χ2v) is 7.62. The molecule has 0 aromatic heterocycles. The highest BCUT2D eigenvalue weighted by atomic mass is 79.9. The highest BCUT2D eigenvalue weighted by molar-refractivity contribution is 9.10. The zero-order valence-corrected chi connectivity index (χ0v) is 14.2. The van der Waals surface area contributed by atoms with Crippen LogP contribution in [-0.4, -0.2) is 20.9 Å². The molecule has 1 aromatic rings. The Bertz CT molecular complexity index is 652. The van der Waals surface area contributed by atoms with Crippen LogP contribution >= 0.6 is 26.6 Å². The molecule has 0 aliphatic rings. The van der Waals surface area contributed by atoms with Gasteiger partial charge in [0.2, 0.25) is 0 Å². The van der Waals surface area contributed by atoms with Crippen molar-refractivity contribution in [1.29, 1.82) is 0 Å². The first-order valence-electron chi connectivity index (χ1n) is 6.10. The summed E-state index contributed by atoms with van der Waals surface area (Å²) in [6.07, 6.45) is 2.43. The Morgan fingerprint density at radius 3 is 2.52 bits per heavy atom. The van der Waals surface area contributed by atoms with Crippen LogP contribution in [0.25, 0.3) is 0 Å². The molecule has 0 unspecified atom stereocenters. The minimum absolute atomic E-state index is 0.241. The largest absolute Gasteiger partial charge is 0.352 e. The summed E-state index contributed by atoms with van der Waals surface area (Å²) in [5, 5.41) is 2.34. The van der Waals surface area contributed by atoms with Crippen LogP contribution in [0.2, 0.25) is 0 Å². The topological polar surface area (TPSA) is 63.2 Å². The molecule has 0 heterocycles. The fraction of sp³-hybridized carbons (Fsp3) is 0.417. The Morgan fingerprint density at radius 1 is 1.38 bits per heavy atom. The van der Waals surface area contributed by atoms with Crippen molar-refractivity contribution in [2.75, 3.05) is 6.54 Å². The molecule has 0 saturated carbocycles. The van der Waals surface area contributed by atoms with Crippen LogP contribution in [0.3, 0.4) is 0 Å². The summed E-state index contributed by atoms with van der Waals surface area (Å²) >= 11 is 2.71. The van der Waals surface area contributed by atoms with E-state index in [0.717, 1.165) is 12.8 Å². The summed E-state index contributed by atoms with van der Waals surface area (Å²) in [5.41, 5.74) is -0.964. The molecule has 1 rings (SSSR count). The van der Waals surface area contributed by atoms with Gasteiger partial charge in [-0.3, -0.25) is 4.79 Å². The maximum Gasteiger partial charge on any atom is 0.265 e. The van der Waals surface area contributed by atoms with Gasteiger partial charge in [0.05, 0.1) is 0 Å². The fourth-order valence-electron chi connectivity index (χ4n) is 1.67. The third kappa shape index (κ3) is 4.62. The lowest BCUT2D eigenvalue weighted by Crippen LogP contribution is -2.27. The lowest BCUT2D eigenvalue weighted by atomic mass is 10.1. The monoisotopic (exact) mass is 403 g/mol. The van der Waals surface area contributed by atoms with Gasteiger partial charge in [-0.1, -0.05) is 19.8 Å². The molecule has 0 saturated heterocycles. The second-order valence-electron chi connectivity index (χ2n) is 4.26. The van der Waals surface area contributed by atoms with Gasteiger partial charge in [0.15, 0.2) is 5.82 Å². The Morgan fingerprint density at radius 2 is 2.00 bits per heavy atom. The van der Waals surface area contributed by atoms with Gasteiger partial charge in [0.1, 0.15) is 16.3 Å². The first-order valence-corrected chi connectivity index (χ1v) is 9.20. The SMILES string of the molecule is CCCCCNC(=O)c1c(F)cc(Br)c(S(=O)(=O)Cl)c1F. The predicted molar refractivity (Wildman–Crippen MR) is 79.0 cm³/mol. The van der Waals surface area contributed by atoms with E-state index >= 15 is 0 Å². The Balaban J connectivity index is 3.16. The number of rotatable bonds is 6. The van der Waals surface area contributed by atoms with Crippen molar-refractivity contribution in [2.24, 2.45) is 0 Å². The third-order valence-electron chi connectivity index (χ3n) is 2.66. The van der Waals surface area contributed by atoms with Gasteiger partial charge in [0.25, 0.3) is 15.0 Å². The summed E-state index contributed by atoms with van der Waals surface area (Å²) in [6, 6.07) is 0.694. The van der Waals surface area contributed by atoms with E-state index in [1.54, 1.807) is 0 Å². The van der Waals surface area contributed by atoms with Crippen LogP contribution in [0.1, 0.15) is 36.5 Å². The van der Waals surface area contributed by atoms with Gasteiger partial charge in [-0.25, -0.2) is 17.2 Å². The molecule has 1 N–H and O–H groups in total. The fourth-order valence-corrected chi connectivity index (χ4v) is 4.02. The molecule has 0 aliphatic carbocycles. The maximum absolute atomic E-state index is 14.1. The number of carbonyl (C=O) groups excluding carboxylic acids is 1. The van der Waals surface area contributed by atoms with Gasteiger partial charge in [0, 0.05) is 21.7 Å². The Kier molecular flexibility index (Phi) is 6.55. The average molecular weight is 405 g/mol. The minimum atomic E-state index is -4.46. The van der Waals surface area contributed by atoms with E-state index < -0.39 is 37.1 Å². The van der Waals surface area contributed by atoms with Crippen LogP contribution < -0.4 is 5.32 Å². The van der Waals surface area contributed by atoms with E-state index in [9.17, 15) is 22.0 Å². The summed E-state index contributed by atoms with van der Waals surface area (Å²) in [7, 11) is 0.629. The molecule has 4 nitrogen and oxygen atoms in total. The molecule has 1 aromatic carbocycles. The Labute approximate surface area is 134 Å². The summed E-state index contributed by atoms with van der Waals surface area (Å²) in [5.74, 6) is -3.70. The van der Waals surface area contributed by atoms with Gasteiger partial charge < -0.3 is 5.32 Å². The van der Waals surface area contributed by atoms with E-state index in [4.69, 9.17) is 10.7 Å². The lowest BCUT2D eigenvalue weighted by Gasteiger charge is -2.10. The van der Waals surface area contributed by atoms with Crippen molar-refractivity contribution < 1.29 is 22.0 Å². The minimum Gasteiger partial charge on any atom is -0.352 e. The molecule has 9 heteroatoms. The molecular formula is C12H13BrClF2NO3S. The number of carbonyl (C=O) groups is 1. The lowest BCUT2D eigenvalue weighted by molar-refractivity contribution is 0.0944. The molecule has 1 amide bonds. The van der Waals surface area contributed by atoms with E-state index in [-0.39, 0.29) is 11.0 Å². The molecule has 0 fully saturated rings. The van der Waals surface area contributed by atoms with Gasteiger partial charge in [-0.15, -0.1) is 0 Å². The predicted octanol–water partition coefficient (Wildman–Crippen LogP) is 3.57. The normalized spacial score (nSPS) is 11.5. The molecule has 0 atom stereocenters. The second kappa shape index (κ2) is 7.51. The van der Waals surface area contributed by atoms with Crippen LogP contribution in [-0.2, 0) is 9.05 Å². The van der Waals surface area contributed by atoms with E-state index in [1.807, 2.05) is 6.92 Å². The van der Waals surface area contributed by atoms with Crippen LogP contribution in [0.4, 0.5) is 8.78 Å². The number of amides is 1. The summed E-state index contributed by atoms with van der Waals surface area (Å²) in [4.78, 5) is 10.8. The first-order chi connectivity index (χ1) is 9.70. The molecule has 0 bridgehead atoms. The number of benzene rings is 1. The van der Waals surface area contributed by atoms with Crippen LogP contribution in [0, 0.1) is 11.6 Å². The molecule has 21 heavy (non-hydrogen) atoms. The third-order valence-corrected chi connectivity index (χ3v) is 4.90. The highest BCUT2D eigenvalue weighted by Crippen LogP contribution is 2.31. The average Bonchev–Trinajstić information content (AvgIpc) is 2.32. The summed E-state index contributed by atoms with van der Waals surface area (Å²) < 4.78 is 50.1. The van der Waals surface area contributed by atoms with Crippen molar-refractivity contribution >= 4 is 41.6 Å². The van der Waals surface area contributed by atoms with Crippen LogP contribution in [0.15, 0.2) is 15.4 Å². The van der Waals surface area contributed by atoms with E-state index in [0.29, 0.717) is 12.5 Å². The van der Waals surface area contributed by atoms with E-state index in [1.165, 1.54) is 0 Å². The molecule has 0 spiro atoms. The van der Waals surface area contributed by atoms with Gasteiger partial charge in [-0.2, -0.15) is 0 Å². The standard InChI is InChI=1S/C12H13BrClF2NO3S/c1-2-3-4-5-17-12(18)9-8(15)6-7(13)11(10(9)16)21(14,19)20/h6H,2-5H2,1H3,(H,17,18).